The predicted molar refractivity (Wildman–Crippen MR) is 69.0 cm³/mol. The number of carbonyl (C=O) groups is 2. The zero-order valence-corrected chi connectivity index (χ0v) is 11.1. The first-order valence-corrected chi connectivity index (χ1v) is 6.94. The number of nitrogens with zero attached hydrogens (tertiary/aromatic N) is 1. The SMILES string of the molecule is CC1CCC(CNC(=O)C(=O)N2CCNCC2)C1. The first-order valence-electron chi connectivity index (χ1n) is 6.94. The second-order valence-corrected chi connectivity index (χ2v) is 5.54. The maximum Gasteiger partial charge on any atom is 0.311 e. The number of rotatable bonds is 2. The number of amides is 2. The van der Waals surface area contributed by atoms with Crippen LogP contribution in [-0.4, -0.2) is 49.4 Å². The summed E-state index contributed by atoms with van der Waals surface area (Å²) >= 11 is 0. The van der Waals surface area contributed by atoms with Crippen molar-refractivity contribution in [2.24, 2.45) is 11.8 Å². The summed E-state index contributed by atoms with van der Waals surface area (Å²) in [4.78, 5) is 25.2. The normalized spacial score (nSPS) is 28.2. The smallest absolute Gasteiger partial charge is 0.311 e. The molecule has 0 aromatic carbocycles. The van der Waals surface area contributed by atoms with E-state index in [-0.39, 0.29) is 5.91 Å². The van der Waals surface area contributed by atoms with Crippen LogP contribution >= 0.6 is 0 Å². The van der Waals surface area contributed by atoms with Gasteiger partial charge in [-0.2, -0.15) is 0 Å². The minimum atomic E-state index is -0.434. The molecule has 5 heteroatoms. The molecule has 0 radical (unpaired) electrons. The third kappa shape index (κ3) is 3.45. The predicted octanol–water partition coefficient (Wildman–Crippen LogP) is -0.0294. The molecule has 2 rings (SSSR count). The average Bonchev–Trinajstić information content (AvgIpc) is 2.82. The molecule has 1 aliphatic carbocycles. The third-order valence-electron chi connectivity index (χ3n) is 3.95. The molecular weight excluding hydrogens is 230 g/mol. The Labute approximate surface area is 108 Å². The fourth-order valence-electron chi connectivity index (χ4n) is 2.83. The molecule has 2 fully saturated rings. The van der Waals surface area contributed by atoms with Gasteiger partial charge < -0.3 is 15.5 Å². The lowest BCUT2D eigenvalue weighted by Crippen LogP contribution is -2.51. The molecule has 5 nitrogen and oxygen atoms in total. The molecule has 1 heterocycles. The summed E-state index contributed by atoms with van der Waals surface area (Å²) in [6.07, 6.45) is 3.58. The van der Waals surface area contributed by atoms with E-state index >= 15 is 0 Å². The largest absolute Gasteiger partial charge is 0.348 e. The van der Waals surface area contributed by atoms with Crippen molar-refractivity contribution in [3.8, 4) is 0 Å². The highest BCUT2D eigenvalue weighted by molar-refractivity contribution is 6.35. The van der Waals surface area contributed by atoms with Crippen LogP contribution in [-0.2, 0) is 9.59 Å². The maximum absolute atomic E-state index is 11.9. The Kier molecular flexibility index (Phi) is 4.58. The average molecular weight is 253 g/mol. The van der Waals surface area contributed by atoms with Crippen LogP contribution in [0.3, 0.4) is 0 Å². The second-order valence-electron chi connectivity index (χ2n) is 5.54. The van der Waals surface area contributed by atoms with Crippen molar-refractivity contribution < 1.29 is 9.59 Å². The number of piperazine rings is 1. The zero-order valence-electron chi connectivity index (χ0n) is 11.1. The van der Waals surface area contributed by atoms with Gasteiger partial charge in [-0.15, -0.1) is 0 Å². The Balaban J connectivity index is 1.71. The van der Waals surface area contributed by atoms with Gasteiger partial charge in [-0.05, 0) is 24.7 Å². The van der Waals surface area contributed by atoms with Crippen molar-refractivity contribution in [1.82, 2.24) is 15.5 Å². The molecule has 0 spiro atoms. The van der Waals surface area contributed by atoms with Crippen molar-refractivity contribution in [2.45, 2.75) is 26.2 Å². The van der Waals surface area contributed by atoms with Crippen LogP contribution in [0, 0.1) is 11.8 Å². The van der Waals surface area contributed by atoms with Crippen LogP contribution in [0.25, 0.3) is 0 Å². The van der Waals surface area contributed by atoms with E-state index in [0.29, 0.717) is 25.6 Å². The molecular formula is C13H23N3O2. The molecule has 1 saturated carbocycles. The van der Waals surface area contributed by atoms with Gasteiger partial charge in [0.1, 0.15) is 0 Å². The Bertz CT molecular complexity index is 313. The Morgan fingerprint density at radius 1 is 1.28 bits per heavy atom. The molecule has 102 valence electrons. The number of hydrogen-bond donors (Lipinski definition) is 2. The van der Waals surface area contributed by atoms with Crippen molar-refractivity contribution in [2.75, 3.05) is 32.7 Å². The summed E-state index contributed by atoms with van der Waals surface area (Å²) in [6.45, 7) is 5.71. The first kappa shape index (κ1) is 13.3. The topological polar surface area (TPSA) is 61.4 Å². The molecule has 2 amide bonds. The molecule has 0 bridgehead atoms. The molecule has 2 N–H and O–H groups in total. The van der Waals surface area contributed by atoms with Gasteiger partial charge in [0.15, 0.2) is 0 Å². The highest BCUT2D eigenvalue weighted by Gasteiger charge is 2.25. The van der Waals surface area contributed by atoms with Crippen molar-refractivity contribution >= 4 is 11.8 Å². The maximum atomic E-state index is 11.9. The Morgan fingerprint density at radius 2 is 2.00 bits per heavy atom. The number of nitrogens with one attached hydrogen (secondary N) is 2. The van der Waals surface area contributed by atoms with E-state index in [1.807, 2.05) is 0 Å². The van der Waals surface area contributed by atoms with Crippen LogP contribution < -0.4 is 10.6 Å². The zero-order chi connectivity index (χ0) is 13.0. The molecule has 0 aromatic heterocycles. The van der Waals surface area contributed by atoms with Crippen molar-refractivity contribution in [3.05, 3.63) is 0 Å². The Hall–Kier alpha value is -1.10. The van der Waals surface area contributed by atoms with Crippen LogP contribution in [0.4, 0.5) is 0 Å². The minimum Gasteiger partial charge on any atom is -0.348 e. The van der Waals surface area contributed by atoms with Crippen molar-refractivity contribution in [3.63, 3.8) is 0 Å². The summed E-state index contributed by atoms with van der Waals surface area (Å²) in [7, 11) is 0. The van der Waals surface area contributed by atoms with Gasteiger partial charge >= 0.3 is 11.8 Å². The molecule has 18 heavy (non-hydrogen) atoms. The highest BCUT2D eigenvalue weighted by atomic mass is 16.2. The molecule has 2 unspecified atom stereocenters. The summed E-state index contributed by atoms with van der Waals surface area (Å²) in [5.41, 5.74) is 0. The minimum absolute atomic E-state index is 0.373. The summed E-state index contributed by atoms with van der Waals surface area (Å²) < 4.78 is 0. The van der Waals surface area contributed by atoms with E-state index in [1.54, 1.807) is 4.90 Å². The van der Waals surface area contributed by atoms with E-state index in [9.17, 15) is 9.59 Å². The Morgan fingerprint density at radius 3 is 2.61 bits per heavy atom. The lowest BCUT2D eigenvalue weighted by atomic mass is 10.1. The quantitative estimate of drug-likeness (QED) is 0.679. The summed E-state index contributed by atoms with van der Waals surface area (Å²) in [5, 5.41) is 5.96. The molecule has 2 aliphatic rings. The highest BCUT2D eigenvalue weighted by Crippen LogP contribution is 2.29. The van der Waals surface area contributed by atoms with Gasteiger partial charge in [0, 0.05) is 32.7 Å². The fourth-order valence-corrected chi connectivity index (χ4v) is 2.83. The second kappa shape index (κ2) is 6.18. The van der Waals surface area contributed by atoms with E-state index in [1.165, 1.54) is 19.3 Å². The van der Waals surface area contributed by atoms with Crippen LogP contribution in [0.15, 0.2) is 0 Å². The van der Waals surface area contributed by atoms with Crippen molar-refractivity contribution in [1.29, 1.82) is 0 Å². The van der Waals surface area contributed by atoms with Gasteiger partial charge in [-0.25, -0.2) is 0 Å². The lowest BCUT2D eigenvalue weighted by Gasteiger charge is -2.26. The number of carbonyl (C=O) groups excluding carboxylic acids is 2. The molecule has 2 atom stereocenters. The van der Waals surface area contributed by atoms with E-state index < -0.39 is 5.91 Å². The summed E-state index contributed by atoms with van der Waals surface area (Å²) in [6, 6.07) is 0. The van der Waals surface area contributed by atoms with Gasteiger partial charge in [0.05, 0.1) is 0 Å². The standard InChI is InChI=1S/C13H23N3O2/c1-10-2-3-11(8-10)9-15-12(17)13(18)16-6-4-14-5-7-16/h10-11,14H,2-9H2,1H3,(H,15,17). The van der Waals surface area contributed by atoms with E-state index in [2.05, 4.69) is 17.6 Å². The van der Waals surface area contributed by atoms with Gasteiger partial charge in [0.2, 0.25) is 0 Å². The third-order valence-corrected chi connectivity index (χ3v) is 3.95. The fraction of sp³-hybridized carbons (Fsp3) is 0.846. The van der Waals surface area contributed by atoms with Crippen LogP contribution in [0.1, 0.15) is 26.2 Å². The molecule has 1 aliphatic heterocycles. The first-order chi connectivity index (χ1) is 8.66. The monoisotopic (exact) mass is 253 g/mol. The molecule has 1 saturated heterocycles. The lowest BCUT2D eigenvalue weighted by molar-refractivity contribution is -0.146. The van der Waals surface area contributed by atoms with Gasteiger partial charge in [0.25, 0.3) is 0 Å². The van der Waals surface area contributed by atoms with Crippen LogP contribution in [0.2, 0.25) is 0 Å². The van der Waals surface area contributed by atoms with E-state index in [0.717, 1.165) is 19.0 Å². The van der Waals surface area contributed by atoms with Gasteiger partial charge in [-0.1, -0.05) is 13.3 Å². The van der Waals surface area contributed by atoms with E-state index in [4.69, 9.17) is 0 Å². The van der Waals surface area contributed by atoms with Crippen LogP contribution in [0.5, 0.6) is 0 Å². The van der Waals surface area contributed by atoms with Gasteiger partial charge in [-0.3, -0.25) is 9.59 Å². The summed E-state index contributed by atoms with van der Waals surface area (Å²) in [5.74, 6) is 0.509. The number of hydrogen-bond acceptors (Lipinski definition) is 3. The molecule has 0 aromatic rings.